The highest BCUT2D eigenvalue weighted by Gasteiger charge is 2.20. The summed E-state index contributed by atoms with van der Waals surface area (Å²) in [5.41, 5.74) is 0.928. The van der Waals surface area contributed by atoms with E-state index < -0.39 is 6.10 Å². The molecule has 1 N–H and O–H groups in total. The van der Waals surface area contributed by atoms with E-state index in [-0.39, 0.29) is 5.92 Å². The molecular formula is C9H16N2O2. The summed E-state index contributed by atoms with van der Waals surface area (Å²) in [7, 11) is 3.45. The van der Waals surface area contributed by atoms with Gasteiger partial charge in [0.1, 0.15) is 0 Å². The number of ether oxygens (including phenoxy) is 1. The van der Waals surface area contributed by atoms with Gasteiger partial charge in [-0.15, -0.1) is 0 Å². The molecule has 0 bridgehead atoms. The number of aliphatic hydroxyl groups is 1. The van der Waals surface area contributed by atoms with Crippen LogP contribution < -0.4 is 4.74 Å². The maximum Gasteiger partial charge on any atom is 0.160 e. The van der Waals surface area contributed by atoms with E-state index in [4.69, 9.17) is 4.74 Å². The molecule has 4 heteroatoms. The molecule has 4 nitrogen and oxygen atoms in total. The number of rotatable bonds is 3. The first-order valence-corrected chi connectivity index (χ1v) is 4.31. The molecule has 0 saturated carbocycles. The van der Waals surface area contributed by atoms with Crippen LogP contribution in [0.1, 0.15) is 25.5 Å². The van der Waals surface area contributed by atoms with Gasteiger partial charge in [-0.1, -0.05) is 6.92 Å². The number of aromatic nitrogens is 2. The summed E-state index contributed by atoms with van der Waals surface area (Å²) in [5, 5.41) is 13.5. The molecule has 1 aromatic heterocycles. The molecular weight excluding hydrogens is 168 g/mol. The predicted molar refractivity (Wildman–Crippen MR) is 49.9 cm³/mol. The predicted octanol–water partition coefficient (Wildman–Crippen LogP) is 0.913. The van der Waals surface area contributed by atoms with Crippen molar-refractivity contribution >= 4 is 0 Å². The molecule has 0 aliphatic heterocycles. The second-order valence-electron chi connectivity index (χ2n) is 3.25. The third kappa shape index (κ3) is 1.83. The lowest BCUT2D eigenvalue weighted by molar-refractivity contribution is 0.164. The van der Waals surface area contributed by atoms with E-state index >= 15 is 0 Å². The first kappa shape index (κ1) is 10.1. The van der Waals surface area contributed by atoms with Crippen LogP contribution in [0.3, 0.4) is 0 Å². The van der Waals surface area contributed by atoms with Gasteiger partial charge in [0.05, 0.1) is 25.1 Å². The first-order valence-electron chi connectivity index (χ1n) is 4.31. The Hall–Kier alpha value is -1.03. The Morgan fingerprint density at radius 3 is 2.62 bits per heavy atom. The third-order valence-corrected chi connectivity index (χ3v) is 2.32. The van der Waals surface area contributed by atoms with Crippen LogP contribution in [0.25, 0.3) is 0 Å². The molecule has 0 saturated heterocycles. The Morgan fingerprint density at radius 2 is 2.15 bits per heavy atom. The average Bonchev–Trinajstić information content (AvgIpc) is 2.45. The van der Waals surface area contributed by atoms with Gasteiger partial charge in [-0.25, -0.2) is 0 Å². The zero-order chi connectivity index (χ0) is 10.0. The highest BCUT2D eigenvalue weighted by molar-refractivity contribution is 5.28. The molecule has 1 aromatic rings. The van der Waals surface area contributed by atoms with Crippen molar-refractivity contribution in [1.29, 1.82) is 0 Å². The van der Waals surface area contributed by atoms with Gasteiger partial charge in [0.25, 0.3) is 0 Å². The van der Waals surface area contributed by atoms with Crippen LogP contribution in [0.2, 0.25) is 0 Å². The van der Waals surface area contributed by atoms with Crippen LogP contribution in [0, 0.1) is 0 Å². The lowest BCUT2D eigenvalue weighted by Gasteiger charge is -2.16. The largest absolute Gasteiger partial charge is 0.493 e. The highest BCUT2D eigenvalue weighted by atomic mass is 16.5. The molecule has 0 aliphatic rings. The number of nitrogens with zero attached hydrogens (tertiary/aromatic N) is 2. The van der Waals surface area contributed by atoms with E-state index in [1.54, 1.807) is 24.9 Å². The molecule has 0 amide bonds. The minimum atomic E-state index is -0.399. The number of aliphatic hydroxyl groups excluding tert-OH is 1. The molecule has 0 aliphatic carbocycles. The van der Waals surface area contributed by atoms with Gasteiger partial charge in [0, 0.05) is 13.0 Å². The normalized spacial score (nSPS) is 15.5. The zero-order valence-corrected chi connectivity index (χ0v) is 8.48. The van der Waals surface area contributed by atoms with Crippen molar-refractivity contribution in [3.05, 3.63) is 11.9 Å². The SMILES string of the molecule is COc1cnn(C)c1C(C)C(C)O. The van der Waals surface area contributed by atoms with E-state index in [0.717, 1.165) is 11.4 Å². The molecule has 2 unspecified atom stereocenters. The summed E-state index contributed by atoms with van der Waals surface area (Å²) >= 11 is 0. The molecule has 0 aromatic carbocycles. The number of hydrogen-bond acceptors (Lipinski definition) is 3. The van der Waals surface area contributed by atoms with Gasteiger partial charge in [0.2, 0.25) is 0 Å². The van der Waals surface area contributed by atoms with Gasteiger partial charge >= 0.3 is 0 Å². The second kappa shape index (κ2) is 3.79. The molecule has 0 radical (unpaired) electrons. The average molecular weight is 184 g/mol. The molecule has 1 heterocycles. The lowest BCUT2D eigenvalue weighted by atomic mass is 10.0. The van der Waals surface area contributed by atoms with Gasteiger partial charge in [0.15, 0.2) is 5.75 Å². The van der Waals surface area contributed by atoms with Crippen molar-refractivity contribution in [1.82, 2.24) is 9.78 Å². The van der Waals surface area contributed by atoms with Crippen LogP contribution >= 0.6 is 0 Å². The fourth-order valence-electron chi connectivity index (χ4n) is 1.33. The topological polar surface area (TPSA) is 47.3 Å². The van der Waals surface area contributed by atoms with Gasteiger partial charge < -0.3 is 9.84 Å². The van der Waals surface area contributed by atoms with E-state index in [2.05, 4.69) is 5.10 Å². The standard InChI is InChI=1S/C9H16N2O2/c1-6(7(2)12)9-8(13-4)5-10-11(9)3/h5-7,12H,1-4H3. The van der Waals surface area contributed by atoms with Crippen LogP contribution in [0.15, 0.2) is 6.20 Å². The van der Waals surface area contributed by atoms with E-state index in [0.29, 0.717) is 0 Å². The molecule has 74 valence electrons. The van der Waals surface area contributed by atoms with Crippen LogP contribution in [0.4, 0.5) is 0 Å². The Labute approximate surface area is 78.1 Å². The lowest BCUT2D eigenvalue weighted by Crippen LogP contribution is -2.15. The summed E-state index contributed by atoms with van der Waals surface area (Å²) < 4.78 is 6.88. The summed E-state index contributed by atoms with van der Waals surface area (Å²) in [6.45, 7) is 3.71. The summed E-state index contributed by atoms with van der Waals surface area (Å²) in [6.07, 6.45) is 1.26. The van der Waals surface area contributed by atoms with Crippen LogP contribution in [-0.4, -0.2) is 28.1 Å². The Balaban J connectivity index is 3.03. The summed E-state index contributed by atoms with van der Waals surface area (Å²) in [4.78, 5) is 0. The highest BCUT2D eigenvalue weighted by Crippen LogP contribution is 2.27. The minimum Gasteiger partial charge on any atom is -0.493 e. The van der Waals surface area contributed by atoms with Crippen molar-refractivity contribution in [3.63, 3.8) is 0 Å². The smallest absolute Gasteiger partial charge is 0.160 e. The Kier molecular flexibility index (Phi) is 2.93. The van der Waals surface area contributed by atoms with Crippen molar-refractivity contribution in [2.75, 3.05) is 7.11 Å². The van der Waals surface area contributed by atoms with E-state index in [1.807, 2.05) is 14.0 Å². The number of hydrogen-bond donors (Lipinski definition) is 1. The molecule has 0 spiro atoms. The Morgan fingerprint density at radius 1 is 1.54 bits per heavy atom. The van der Waals surface area contributed by atoms with Gasteiger partial charge in [-0.05, 0) is 6.92 Å². The first-order chi connectivity index (χ1) is 6.07. The Bertz CT molecular complexity index is 281. The van der Waals surface area contributed by atoms with Crippen molar-refractivity contribution in [2.45, 2.75) is 25.9 Å². The molecule has 0 fully saturated rings. The quantitative estimate of drug-likeness (QED) is 0.759. The molecule has 13 heavy (non-hydrogen) atoms. The maximum atomic E-state index is 9.44. The molecule has 2 atom stereocenters. The van der Waals surface area contributed by atoms with Gasteiger partial charge in [-0.3, -0.25) is 4.68 Å². The van der Waals surface area contributed by atoms with Crippen molar-refractivity contribution < 1.29 is 9.84 Å². The fraction of sp³-hybridized carbons (Fsp3) is 0.667. The summed E-state index contributed by atoms with van der Waals surface area (Å²) in [5.74, 6) is 0.762. The second-order valence-corrected chi connectivity index (χ2v) is 3.25. The van der Waals surface area contributed by atoms with Crippen molar-refractivity contribution in [2.24, 2.45) is 7.05 Å². The number of methoxy groups -OCH3 is 1. The third-order valence-electron chi connectivity index (χ3n) is 2.32. The molecule has 1 rings (SSSR count). The van der Waals surface area contributed by atoms with Crippen LogP contribution in [-0.2, 0) is 7.05 Å². The van der Waals surface area contributed by atoms with Crippen molar-refractivity contribution in [3.8, 4) is 5.75 Å². The fourth-order valence-corrected chi connectivity index (χ4v) is 1.33. The van der Waals surface area contributed by atoms with Crippen LogP contribution in [0.5, 0.6) is 5.75 Å². The number of aryl methyl sites for hydroxylation is 1. The maximum absolute atomic E-state index is 9.44. The van der Waals surface area contributed by atoms with Gasteiger partial charge in [-0.2, -0.15) is 5.10 Å². The zero-order valence-electron chi connectivity index (χ0n) is 8.48. The monoisotopic (exact) mass is 184 g/mol. The minimum absolute atomic E-state index is 0.0300. The van der Waals surface area contributed by atoms with E-state index in [9.17, 15) is 5.11 Å². The van der Waals surface area contributed by atoms with E-state index in [1.165, 1.54) is 0 Å². The summed E-state index contributed by atoms with van der Waals surface area (Å²) in [6, 6.07) is 0.